The van der Waals surface area contributed by atoms with E-state index in [2.05, 4.69) is 10.3 Å². The summed E-state index contributed by atoms with van der Waals surface area (Å²) in [7, 11) is 0. The molecule has 16 heavy (non-hydrogen) atoms. The zero-order chi connectivity index (χ0) is 12.1. The molecule has 0 saturated carbocycles. The molecule has 88 valence electrons. The van der Waals surface area contributed by atoms with E-state index in [4.69, 9.17) is 0 Å². The first-order valence-electron chi connectivity index (χ1n) is 4.99. The molecule has 1 aromatic rings. The van der Waals surface area contributed by atoms with Gasteiger partial charge in [0.05, 0.1) is 4.92 Å². The Labute approximate surface area is 96.8 Å². The maximum Gasteiger partial charge on any atom is 0.345 e. The van der Waals surface area contributed by atoms with Gasteiger partial charge in [-0.25, -0.2) is 4.98 Å². The number of thiazole rings is 1. The van der Waals surface area contributed by atoms with Gasteiger partial charge in [0.1, 0.15) is 6.20 Å². The number of carbonyl (C=O) groups is 1. The molecule has 0 aliphatic rings. The second-order valence-electron chi connectivity index (χ2n) is 3.26. The maximum absolute atomic E-state index is 11.6. The summed E-state index contributed by atoms with van der Waals surface area (Å²) >= 11 is 0.866. The van der Waals surface area contributed by atoms with Crippen LogP contribution in [0.3, 0.4) is 0 Å². The molecule has 0 fully saturated rings. The van der Waals surface area contributed by atoms with E-state index in [-0.39, 0.29) is 22.0 Å². The minimum atomic E-state index is -0.523. The average Bonchev–Trinajstić information content (AvgIpc) is 2.68. The monoisotopic (exact) mass is 243 g/mol. The van der Waals surface area contributed by atoms with Crippen molar-refractivity contribution in [2.75, 3.05) is 5.32 Å². The summed E-state index contributed by atoms with van der Waals surface area (Å²) in [6.45, 7) is 3.86. The molecule has 0 atom stereocenters. The molecule has 6 nitrogen and oxygen atoms in total. The van der Waals surface area contributed by atoms with Crippen molar-refractivity contribution in [3.8, 4) is 0 Å². The van der Waals surface area contributed by atoms with Crippen LogP contribution in [0.4, 0.5) is 10.1 Å². The normalized spacial score (nSPS) is 10.4. The van der Waals surface area contributed by atoms with E-state index in [0.717, 1.165) is 30.4 Å². The van der Waals surface area contributed by atoms with Gasteiger partial charge >= 0.3 is 5.00 Å². The number of rotatable bonds is 5. The van der Waals surface area contributed by atoms with Crippen LogP contribution in [-0.2, 0) is 4.79 Å². The van der Waals surface area contributed by atoms with Crippen LogP contribution in [-0.4, -0.2) is 15.8 Å². The first-order chi connectivity index (χ1) is 7.58. The van der Waals surface area contributed by atoms with E-state index >= 15 is 0 Å². The lowest BCUT2D eigenvalue weighted by Crippen LogP contribution is -2.21. The second kappa shape index (κ2) is 5.55. The Balaban J connectivity index is 2.65. The molecule has 1 heterocycles. The predicted molar refractivity (Wildman–Crippen MR) is 61.5 cm³/mol. The Bertz CT molecular complexity index is 387. The molecule has 1 aromatic heterocycles. The lowest BCUT2D eigenvalue weighted by Gasteiger charge is -2.10. The molecule has 1 N–H and O–H groups in total. The molecular formula is C9H13N3O3S. The number of nitro groups is 1. The van der Waals surface area contributed by atoms with Gasteiger partial charge in [0, 0.05) is 5.92 Å². The van der Waals surface area contributed by atoms with E-state index in [9.17, 15) is 14.9 Å². The van der Waals surface area contributed by atoms with Crippen LogP contribution < -0.4 is 5.32 Å². The summed E-state index contributed by atoms with van der Waals surface area (Å²) in [6.07, 6.45) is 2.64. The van der Waals surface area contributed by atoms with Crippen molar-refractivity contribution in [2.45, 2.75) is 26.7 Å². The lowest BCUT2D eigenvalue weighted by molar-refractivity contribution is -0.380. The van der Waals surface area contributed by atoms with Gasteiger partial charge < -0.3 is 5.32 Å². The van der Waals surface area contributed by atoms with Crippen molar-refractivity contribution < 1.29 is 9.72 Å². The molecule has 0 saturated heterocycles. The Hall–Kier alpha value is -1.50. The highest BCUT2D eigenvalue weighted by molar-refractivity contribution is 7.18. The fourth-order valence-electron chi connectivity index (χ4n) is 1.27. The smallest absolute Gasteiger partial charge is 0.302 e. The van der Waals surface area contributed by atoms with Crippen molar-refractivity contribution >= 4 is 27.4 Å². The molecule has 0 unspecified atom stereocenters. The largest absolute Gasteiger partial charge is 0.345 e. The Morgan fingerprint density at radius 2 is 2.25 bits per heavy atom. The van der Waals surface area contributed by atoms with Crippen LogP contribution in [0.1, 0.15) is 26.7 Å². The van der Waals surface area contributed by atoms with Gasteiger partial charge in [-0.05, 0) is 24.2 Å². The molecule has 0 radical (unpaired) electrons. The molecule has 0 aliphatic carbocycles. The maximum atomic E-state index is 11.6. The van der Waals surface area contributed by atoms with Crippen molar-refractivity contribution in [2.24, 2.45) is 5.92 Å². The number of nitrogens with one attached hydrogen (secondary N) is 1. The predicted octanol–water partition coefficient (Wildman–Crippen LogP) is 2.43. The van der Waals surface area contributed by atoms with Crippen LogP contribution in [0.2, 0.25) is 0 Å². The topological polar surface area (TPSA) is 85.1 Å². The molecule has 0 aromatic carbocycles. The van der Waals surface area contributed by atoms with E-state index in [1.807, 2.05) is 13.8 Å². The quantitative estimate of drug-likeness (QED) is 0.635. The van der Waals surface area contributed by atoms with Gasteiger partial charge in [-0.1, -0.05) is 13.8 Å². The van der Waals surface area contributed by atoms with Crippen LogP contribution in [0.5, 0.6) is 0 Å². The number of anilines is 1. The molecule has 0 bridgehead atoms. The van der Waals surface area contributed by atoms with Gasteiger partial charge in [0.15, 0.2) is 5.13 Å². The number of amides is 1. The number of carbonyl (C=O) groups excluding carboxylic acids is 1. The van der Waals surface area contributed by atoms with E-state index in [0.29, 0.717) is 0 Å². The van der Waals surface area contributed by atoms with Crippen molar-refractivity contribution in [3.05, 3.63) is 16.3 Å². The molecule has 0 aliphatic heterocycles. The second-order valence-corrected chi connectivity index (χ2v) is 4.27. The van der Waals surface area contributed by atoms with E-state index < -0.39 is 4.92 Å². The number of hydrogen-bond acceptors (Lipinski definition) is 5. The van der Waals surface area contributed by atoms with Crippen LogP contribution in [0.25, 0.3) is 0 Å². The van der Waals surface area contributed by atoms with Crippen molar-refractivity contribution in [3.63, 3.8) is 0 Å². The van der Waals surface area contributed by atoms with Gasteiger partial charge in [0.25, 0.3) is 0 Å². The fraction of sp³-hybridized carbons (Fsp3) is 0.556. The molecular weight excluding hydrogens is 230 g/mol. The third-order valence-corrected chi connectivity index (χ3v) is 3.12. The average molecular weight is 243 g/mol. The third kappa shape index (κ3) is 2.99. The molecule has 7 heteroatoms. The summed E-state index contributed by atoms with van der Waals surface area (Å²) in [5.74, 6) is -0.197. The number of hydrogen-bond donors (Lipinski definition) is 1. The zero-order valence-electron chi connectivity index (χ0n) is 9.10. The number of nitrogens with zero attached hydrogens (tertiary/aromatic N) is 2. The first-order valence-corrected chi connectivity index (χ1v) is 5.81. The van der Waals surface area contributed by atoms with Gasteiger partial charge in [-0.3, -0.25) is 14.9 Å². The standard InChI is InChI=1S/C9H13N3O3S/c1-3-6(4-2)8(13)11-9-10-5-7(16-9)12(14)15/h5-6H,3-4H2,1-2H3,(H,10,11,13). The van der Waals surface area contributed by atoms with Crippen molar-refractivity contribution in [1.29, 1.82) is 0 Å². The van der Waals surface area contributed by atoms with E-state index in [1.165, 1.54) is 0 Å². The zero-order valence-corrected chi connectivity index (χ0v) is 9.91. The summed E-state index contributed by atoms with van der Waals surface area (Å²) in [5.41, 5.74) is 0. The van der Waals surface area contributed by atoms with Crippen molar-refractivity contribution in [1.82, 2.24) is 4.98 Å². The summed E-state index contributed by atoms with van der Waals surface area (Å²) in [4.78, 5) is 25.3. The molecule has 1 rings (SSSR count). The molecule has 0 spiro atoms. The SMILES string of the molecule is CCC(CC)C(=O)Nc1ncc([N+](=O)[O-])s1. The highest BCUT2D eigenvalue weighted by atomic mass is 32.1. The summed E-state index contributed by atoms with van der Waals surface area (Å²) in [6, 6.07) is 0. The van der Waals surface area contributed by atoms with Gasteiger partial charge in [-0.2, -0.15) is 0 Å². The van der Waals surface area contributed by atoms with Gasteiger partial charge in [0.2, 0.25) is 5.91 Å². The first kappa shape index (κ1) is 12.6. The van der Waals surface area contributed by atoms with Crippen LogP contribution >= 0.6 is 11.3 Å². The van der Waals surface area contributed by atoms with Crippen LogP contribution in [0.15, 0.2) is 6.20 Å². The summed E-state index contributed by atoms with van der Waals surface area (Å²) in [5, 5.41) is 13.2. The third-order valence-electron chi connectivity index (χ3n) is 2.26. The fourth-order valence-corrected chi connectivity index (χ4v) is 1.91. The highest BCUT2D eigenvalue weighted by Crippen LogP contribution is 2.25. The molecule has 1 amide bonds. The lowest BCUT2D eigenvalue weighted by atomic mass is 10.0. The Kier molecular flexibility index (Phi) is 4.36. The highest BCUT2D eigenvalue weighted by Gasteiger charge is 2.17. The van der Waals surface area contributed by atoms with Gasteiger partial charge in [-0.15, -0.1) is 0 Å². The van der Waals surface area contributed by atoms with E-state index in [1.54, 1.807) is 0 Å². The minimum Gasteiger partial charge on any atom is -0.302 e. The Morgan fingerprint density at radius 3 is 2.69 bits per heavy atom. The summed E-state index contributed by atoms with van der Waals surface area (Å²) < 4.78 is 0. The van der Waals surface area contributed by atoms with Crippen LogP contribution in [0, 0.1) is 16.0 Å². The Morgan fingerprint density at radius 1 is 1.62 bits per heavy atom. The minimum absolute atomic E-state index is 0.0667. The number of aromatic nitrogens is 1.